The first kappa shape index (κ1) is 15.8. The minimum absolute atomic E-state index is 0.243. The molecule has 8 heteroatoms. The molecule has 1 amide bonds. The molecule has 0 saturated heterocycles. The Balaban J connectivity index is 2.66. The minimum atomic E-state index is -4.81. The molecule has 110 valence electrons. The van der Waals surface area contributed by atoms with Gasteiger partial charge in [0.1, 0.15) is 11.8 Å². The zero-order chi connectivity index (χ0) is 15.3. The van der Waals surface area contributed by atoms with Crippen LogP contribution in [0.5, 0.6) is 5.75 Å². The van der Waals surface area contributed by atoms with Crippen LogP contribution in [-0.2, 0) is 16.0 Å². The lowest BCUT2D eigenvalue weighted by Crippen LogP contribution is -2.39. The predicted molar refractivity (Wildman–Crippen MR) is 62.1 cm³/mol. The molecular weight excluding hydrogens is 279 g/mol. The second-order valence-corrected chi connectivity index (χ2v) is 4.00. The van der Waals surface area contributed by atoms with Crippen LogP contribution < -0.4 is 10.1 Å². The van der Waals surface area contributed by atoms with E-state index in [2.05, 4.69) is 10.1 Å². The summed E-state index contributed by atoms with van der Waals surface area (Å²) in [6.45, 7) is 1.28. The molecule has 0 radical (unpaired) electrons. The highest BCUT2D eigenvalue weighted by molar-refractivity contribution is 5.84. The van der Waals surface area contributed by atoms with E-state index in [1.54, 1.807) is 0 Å². The fourth-order valence-corrected chi connectivity index (χ4v) is 1.39. The molecule has 0 aromatic heterocycles. The van der Waals surface area contributed by atoms with Crippen LogP contribution in [-0.4, -0.2) is 29.4 Å². The van der Waals surface area contributed by atoms with E-state index in [0.717, 1.165) is 12.1 Å². The second-order valence-electron chi connectivity index (χ2n) is 4.00. The van der Waals surface area contributed by atoms with Crippen LogP contribution in [0.1, 0.15) is 12.5 Å². The molecule has 0 bridgehead atoms. The van der Waals surface area contributed by atoms with Gasteiger partial charge < -0.3 is 15.2 Å². The Morgan fingerprint density at radius 1 is 1.40 bits per heavy atom. The Hall–Kier alpha value is -2.25. The standard InChI is InChI=1S/C12H12F3NO4/c1-7(11(18)19)16-10(17)6-8-3-2-4-9(5-8)20-12(13,14)15/h2-5,7H,6H2,1H3,(H,16,17)(H,18,19). The summed E-state index contributed by atoms with van der Waals surface area (Å²) in [4.78, 5) is 22.0. The number of carboxylic acids is 1. The summed E-state index contributed by atoms with van der Waals surface area (Å²) in [6, 6.07) is 3.85. The number of benzene rings is 1. The molecule has 5 nitrogen and oxygen atoms in total. The molecule has 0 aliphatic rings. The van der Waals surface area contributed by atoms with Crippen molar-refractivity contribution in [1.29, 1.82) is 0 Å². The third kappa shape index (κ3) is 5.59. The smallest absolute Gasteiger partial charge is 0.480 e. The molecule has 0 spiro atoms. The summed E-state index contributed by atoms with van der Waals surface area (Å²) in [5.74, 6) is -2.24. The highest BCUT2D eigenvalue weighted by atomic mass is 19.4. The Morgan fingerprint density at radius 2 is 2.05 bits per heavy atom. The van der Waals surface area contributed by atoms with Crippen molar-refractivity contribution in [3.05, 3.63) is 29.8 Å². The van der Waals surface area contributed by atoms with Crippen LogP contribution >= 0.6 is 0 Å². The van der Waals surface area contributed by atoms with Gasteiger partial charge in [-0.15, -0.1) is 13.2 Å². The van der Waals surface area contributed by atoms with Gasteiger partial charge in [-0.2, -0.15) is 0 Å². The summed E-state index contributed by atoms with van der Waals surface area (Å²) >= 11 is 0. The Labute approximate surface area is 112 Å². The first-order valence-electron chi connectivity index (χ1n) is 5.54. The summed E-state index contributed by atoms with van der Waals surface area (Å²) in [7, 11) is 0. The minimum Gasteiger partial charge on any atom is -0.480 e. The number of carboxylic acid groups (broad SMARTS) is 1. The van der Waals surface area contributed by atoms with Gasteiger partial charge in [0, 0.05) is 0 Å². The van der Waals surface area contributed by atoms with Gasteiger partial charge in [-0.1, -0.05) is 12.1 Å². The molecule has 1 aromatic carbocycles. The van der Waals surface area contributed by atoms with Crippen LogP contribution in [0.25, 0.3) is 0 Å². The largest absolute Gasteiger partial charge is 0.573 e. The van der Waals surface area contributed by atoms with Crippen LogP contribution in [0, 0.1) is 0 Å². The van der Waals surface area contributed by atoms with Crippen molar-refractivity contribution in [2.75, 3.05) is 0 Å². The molecule has 1 unspecified atom stereocenters. The van der Waals surface area contributed by atoms with Crippen LogP contribution in [0.2, 0.25) is 0 Å². The lowest BCUT2D eigenvalue weighted by Gasteiger charge is -2.11. The number of ether oxygens (including phenoxy) is 1. The predicted octanol–water partition coefficient (Wildman–Crippen LogP) is 1.72. The zero-order valence-electron chi connectivity index (χ0n) is 10.4. The second kappa shape index (κ2) is 6.27. The summed E-state index contributed by atoms with van der Waals surface area (Å²) in [5.41, 5.74) is 0.279. The number of halogens is 3. The quantitative estimate of drug-likeness (QED) is 0.866. The summed E-state index contributed by atoms with van der Waals surface area (Å²) in [6.07, 6.45) is -5.05. The number of nitrogens with one attached hydrogen (secondary N) is 1. The molecule has 0 saturated carbocycles. The summed E-state index contributed by atoms with van der Waals surface area (Å²) < 4.78 is 39.8. The fourth-order valence-electron chi connectivity index (χ4n) is 1.39. The number of hydrogen-bond acceptors (Lipinski definition) is 3. The molecule has 0 heterocycles. The SMILES string of the molecule is CC(NC(=O)Cc1cccc(OC(F)(F)F)c1)C(=O)O. The average Bonchev–Trinajstić information content (AvgIpc) is 2.26. The van der Waals surface area contributed by atoms with E-state index in [9.17, 15) is 22.8 Å². The number of amides is 1. The van der Waals surface area contributed by atoms with Gasteiger partial charge in [0.05, 0.1) is 6.42 Å². The summed E-state index contributed by atoms with van der Waals surface area (Å²) in [5, 5.41) is 10.8. The van der Waals surface area contributed by atoms with Crippen LogP contribution in [0.3, 0.4) is 0 Å². The van der Waals surface area contributed by atoms with E-state index in [0.29, 0.717) is 0 Å². The van der Waals surface area contributed by atoms with E-state index < -0.39 is 30.0 Å². The number of carbonyl (C=O) groups is 2. The number of alkyl halides is 3. The van der Waals surface area contributed by atoms with Gasteiger partial charge in [-0.25, -0.2) is 0 Å². The molecule has 0 fully saturated rings. The molecule has 1 rings (SSSR count). The highest BCUT2D eigenvalue weighted by Crippen LogP contribution is 2.23. The normalized spacial score (nSPS) is 12.6. The van der Waals surface area contributed by atoms with E-state index in [1.165, 1.54) is 19.1 Å². The first-order chi connectivity index (χ1) is 9.17. The zero-order valence-corrected chi connectivity index (χ0v) is 10.4. The average molecular weight is 291 g/mol. The number of hydrogen-bond donors (Lipinski definition) is 2. The molecule has 2 N–H and O–H groups in total. The van der Waals surface area contributed by atoms with Gasteiger partial charge in [-0.05, 0) is 24.6 Å². The number of rotatable bonds is 5. The third-order valence-electron chi connectivity index (χ3n) is 2.24. The maximum absolute atomic E-state index is 12.0. The van der Waals surface area contributed by atoms with E-state index >= 15 is 0 Å². The van der Waals surface area contributed by atoms with Crippen molar-refractivity contribution in [1.82, 2.24) is 5.32 Å². The maximum Gasteiger partial charge on any atom is 0.573 e. The maximum atomic E-state index is 12.0. The van der Waals surface area contributed by atoms with Crippen molar-refractivity contribution < 1.29 is 32.6 Å². The Kier molecular flexibility index (Phi) is 4.95. The molecule has 1 aromatic rings. The van der Waals surface area contributed by atoms with E-state index in [-0.39, 0.29) is 12.0 Å². The lowest BCUT2D eigenvalue weighted by molar-refractivity contribution is -0.274. The third-order valence-corrected chi connectivity index (χ3v) is 2.24. The molecule has 0 aliphatic carbocycles. The Bertz CT molecular complexity index is 502. The van der Waals surface area contributed by atoms with Gasteiger partial charge in [-0.3, -0.25) is 9.59 Å². The van der Waals surface area contributed by atoms with Crippen molar-refractivity contribution >= 4 is 11.9 Å². The van der Waals surface area contributed by atoms with E-state index in [4.69, 9.17) is 5.11 Å². The van der Waals surface area contributed by atoms with Crippen LogP contribution in [0.15, 0.2) is 24.3 Å². The Morgan fingerprint density at radius 3 is 2.60 bits per heavy atom. The number of carbonyl (C=O) groups excluding carboxylic acids is 1. The van der Waals surface area contributed by atoms with Crippen LogP contribution in [0.4, 0.5) is 13.2 Å². The van der Waals surface area contributed by atoms with Gasteiger partial charge in [0.2, 0.25) is 5.91 Å². The molecule has 0 aliphatic heterocycles. The topological polar surface area (TPSA) is 75.6 Å². The monoisotopic (exact) mass is 291 g/mol. The first-order valence-corrected chi connectivity index (χ1v) is 5.54. The highest BCUT2D eigenvalue weighted by Gasteiger charge is 2.31. The molecule has 1 atom stereocenters. The van der Waals surface area contributed by atoms with Gasteiger partial charge in [0.25, 0.3) is 0 Å². The van der Waals surface area contributed by atoms with Crippen molar-refractivity contribution in [2.45, 2.75) is 25.7 Å². The van der Waals surface area contributed by atoms with Crippen molar-refractivity contribution in [2.24, 2.45) is 0 Å². The lowest BCUT2D eigenvalue weighted by atomic mass is 10.1. The van der Waals surface area contributed by atoms with Crippen molar-refractivity contribution in [3.8, 4) is 5.75 Å². The molecule has 20 heavy (non-hydrogen) atoms. The fraction of sp³-hybridized carbons (Fsp3) is 0.333. The van der Waals surface area contributed by atoms with Crippen molar-refractivity contribution in [3.63, 3.8) is 0 Å². The van der Waals surface area contributed by atoms with Gasteiger partial charge in [0.15, 0.2) is 0 Å². The number of aliphatic carboxylic acids is 1. The van der Waals surface area contributed by atoms with Gasteiger partial charge >= 0.3 is 12.3 Å². The van der Waals surface area contributed by atoms with E-state index in [1.807, 2.05) is 0 Å². The molecular formula is C12H12F3NO4.